The molecule has 1 aliphatic rings. The second-order valence-corrected chi connectivity index (χ2v) is 10.4. The number of rotatable bonds is 5. The van der Waals surface area contributed by atoms with Crippen LogP contribution in [0.5, 0.6) is 0 Å². The van der Waals surface area contributed by atoms with Gasteiger partial charge in [-0.05, 0) is 62.1 Å². The number of carbonyl (C=O) groups excluding carboxylic acids is 1. The SMILES string of the molecule is C[C@@H]1CC(C)(C)CCN1Cc1cc2cc(F)c(CNC(=O)c3cc(=O)n4ccccc4n3)cc2[nH]1. The molecule has 1 saturated heterocycles. The monoisotopic (exact) mass is 475 g/mol. The topological polar surface area (TPSA) is 82.5 Å². The molecule has 0 saturated carbocycles. The molecule has 1 fully saturated rings. The molecule has 0 bridgehead atoms. The molecule has 0 unspecified atom stereocenters. The van der Waals surface area contributed by atoms with E-state index < -0.39 is 5.91 Å². The number of pyridine rings is 1. The van der Waals surface area contributed by atoms with Crippen LogP contribution in [0.15, 0.2) is 53.5 Å². The lowest BCUT2D eigenvalue weighted by Crippen LogP contribution is -2.43. The average molecular weight is 476 g/mol. The third kappa shape index (κ3) is 4.84. The number of halogens is 1. The molecule has 0 aliphatic carbocycles. The molecular formula is C27H30FN5O2. The first kappa shape index (κ1) is 23.2. The van der Waals surface area contributed by atoms with Crippen LogP contribution in [0.3, 0.4) is 0 Å². The van der Waals surface area contributed by atoms with E-state index in [9.17, 15) is 14.0 Å². The molecule has 182 valence electrons. The Labute approximate surface area is 203 Å². The second-order valence-electron chi connectivity index (χ2n) is 10.4. The van der Waals surface area contributed by atoms with Crippen LogP contribution in [0, 0.1) is 11.2 Å². The number of H-pyrrole nitrogens is 1. The van der Waals surface area contributed by atoms with E-state index in [4.69, 9.17) is 0 Å². The number of nitrogens with zero attached hydrogens (tertiary/aromatic N) is 3. The van der Waals surface area contributed by atoms with E-state index in [1.165, 1.54) is 16.5 Å². The van der Waals surface area contributed by atoms with Crippen LogP contribution in [-0.4, -0.2) is 37.8 Å². The lowest BCUT2D eigenvalue weighted by Gasteiger charge is -2.41. The van der Waals surface area contributed by atoms with Gasteiger partial charge >= 0.3 is 0 Å². The summed E-state index contributed by atoms with van der Waals surface area (Å²) in [5.74, 6) is -0.912. The quantitative estimate of drug-likeness (QED) is 0.452. The summed E-state index contributed by atoms with van der Waals surface area (Å²) < 4.78 is 16.2. The predicted octanol–water partition coefficient (Wildman–Crippen LogP) is 4.26. The van der Waals surface area contributed by atoms with Crippen molar-refractivity contribution >= 4 is 22.5 Å². The Morgan fingerprint density at radius 1 is 1.26 bits per heavy atom. The number of hydrogen-bond acceptors (Lipinski definition) is 4. The normalized spacial score (nSPS) is 18.2. The van der Waals surface area contributed by atoms with E-state index in [0.717, 1.165) is 42.5 Å². The van der Waals surface area contributed by atoms with Crippen LogP contribution in [0.1, 0.15) is 55.4 Å². The Hall–Kier alpha value is -3.52. The lowest BCUT2D eigenvalue weighted by molar-refractivity contribution is 0.0733. The van der Waals surface area contributed by atoms with Gasteiger partial charge in [-0.3, -0.25) is 18.9 Å². The number of hydrogen-bond donors (Lipinski definition) is 2. The number of nitrogens with one attached hydrogen (secondary N) is 2. The largest absolute Gasteiger partial charge is 0.357 e. The summed E-state index contributed by atoms with van der Waals surface area (Å²) in [5.41, 5.74) is 2.65. The van der Waals surface area contributed by atoms with E-state index in [1.807, 2.05) is 6.07 Å². The zero-order valence-electron chi connectivity index (χ0n) is 20.3. The van der Waals surface area contributed by atoms with Gasteiger partial charge in [0.25, 0.3) is 11.5 Å². The molecule has 7 nitrogen and oxygen atoms in total. The Morgan fingerprint density at radius 2 is 2.09 bits per heavy atom. The molecule has 1 aliphatic heterocycles. The first-order valence-electron chi connectivity index (χ1n) is 12.0. The van der Waals surface area contributed by atoms with Gasteiger partial charge in [0, 0.05) is 53.6 Å². The fourth-order valence-electron chi connectivity index (χ4n) is 5.07. The number of fused-ring (bicyclic) bond motifs is 2. The Morgan fingerprint density at radius 3 is 2.89 bits per heavy atom. The Kier molecular flexibility index (Phi) is 5.92. The van der Waals surface area contributed by atoms with Crippen LogP contribution in [0.2, 0.25) is 0 Å². The Balaban J connectivity index is 1.30. The Bertz CT molecular complexity index is 1470. The number of aromatic amines is 1. The molecule has 0 spiro atoms. The van der Waals surface area contributed by atoms with Crippen molar-refractivity contribution in [2.24, 2.45) is 5.41 Å². The van der Waals surface area contributed by atoms with Crippen LogP contribution >= 0.6 is 0 Å². The van der Waals surface area contributed by atoms with Crippen molar-refractivity contribution in [3.63, 3.8) is 0 Å². The van der Waals surface area contributed by atoms with E-state index >= 15 is 0 Å². The zero-order valence-corrected chi connectivity index (χ0v) is 20.3. The van der Waals surface area contributed by atoms with Gasteiger partial charge in [-0.1, -0.05) is 19.9 Å². The minimum Gasteiger partial charge on any atom is -0.357 e. The number of aromatic nitrogens is 3. The molecule has 0 radical (unpaired) electrons. The van der Waals surface area contributed by atoms with Gasteiger partial charge in [0.05, 0.1) is 0 Å². The van der Waals surface area contributed by atoms with Gasteiger partial charge in [0.1, 0.15) is 17.2 Å². The van der Waals surface area contributed by atoms with Gasteiger partial charge in [-0.25, -0.2) is 9.37 Å². The van der Waals surface area contributed by atoms with E-state index in [-0.39, 0.29) is 23.6 Å². The summed E-state index contributed by atoms with van der Waals surface area (Å²) >= 11 is 0. The number of amides is 1. The predicted molar refractivity (Wildman–Crippen MR) is 134 cm³/mol. The molecule has 5 rings (SSSR count). The van der Waals surface area contributed by atoms with Crippen molar-refractivity contribution in [1.29, 1.82) is 0 Å². The highest BCUT2D eigenvalue weighted by molar-refractivity contribution is 5.92. The van der Waals surface area contributed by atoms with Crippen molar-refractivity contribution in [2.75, 3.05) is 6.54 Å². The van der Waals surface area contributed by atoms with Crippen molar-refractivity contribution < 1.29 is 9.18 Å². The van der Waals surface area contributed by atoms with Gasteiger partial charge in [-0.15, -0.1) is 0 Å². The maximum Gasteiger partial charge on any atom is 0.270 e. The number of piperidine rings is 1. The number of benzene rings is 1. The highest BCUT2D eigenvalue weighted by Crippen LogP contribution is 2.34. The van der Waals surface area contributed by atoms with Crippen LogP contribution in [0.4, 0.5) is 4.39 Å². The standard InChI is InChI=1S/C27H30FN5O2/c1-17-14-27(2,3)7-9-32(17)16-20-10-18-11-21(28)19(12-22(18)30-20)15-29-26(35)23-13-25(34)33-8-5-4-6-24(33)31-23/h4-6,8,10-13,17,30H,7,9,14-16H2,1-3H3,(H,29,35)/t17-/m1/s1. The first-order valence-corrected chi connectivity index (χ1v) is 12.0. The molecule has 4 heterocycles. The second kappa shape index (κ2) is 8.92. The number of likely N-dealkylation sites (tertiary alicyclic amines) is 1. The van der Waals surface area contributed by atoms with Gasteiger partial charge < -0.3 is 10.3 Å². The zero-order chi connectivity index (χ0) is 24.7. The van der Waals surface area contributed by atoms with Gasteiger partial charge in [0.2, 0.25) is 0 Å². The molecule has 3 aromatic heterocycles. The fourth-order valence-corrected chi connectivity index (χ4v) is 5.07. The van der Waals surface area contributed by atoms with E-state index in [2.05, 4.69) is 41.0 Å². The van der Waals surface area contributed by atoms with Gasteiger partial charge in [-0.2, -0.15) is 0 Å². The van der Waals surface area contributed by atoms with Crippen LogP contribution in [-0.2, 0) is 13.1 Å². The summed E-state index contributed by atoms with van der Waals surface area (Å²) in [4.78, 5) is 35.0. The minimum atomic E-state index is -0.526. The number of carbonyl (C=O) groups is 1. The maximum absolute atomic E-state index is 14.8. The summed E-state index contributed by atoms with van der Waals surface area (Å²) in [7, 11) is 0. The molecule has 1 aromatic carbocycles. The minimum absolute atomic E-state index is 0.00340. The smallest absolute Gasteiger partial charge is 0.270 e. The molecular weight excluding hydrogens is 445 g/mol. The first-order chi connectivity index (χ1) is 16.7. The van der Waals surface area contributed by atoms with Gasteiger partial charge in [0.15, 0.2) is 0 Å². The van der Waals surface area contributed by atoms with Crippen LogP contribution < -0.4 is 10.9 Å². The highest BCUT2D eigenvalue weighted by atomic mass is 19.1. The molecule has 1 amide bonds. The van der Waals surface area contributed by atoms with E-state index in [0.29, 0.717) is 22.7 Å². The van der Waals surface area contributed by atoms with Crippen molar-refractivity contribution in [3.8, 4) is 0 Å². The van der Waals surface area contributed by atoms with Crippen molar-refractivity contribution in [3.05, 3.63) is 81.8 Å². The van der Waals surface area contributed by atoms with E-state index in [1.54, 1.807) is 30.5 Å². The van der Waals surface area contributed by atoms with Crippen molar-refractivity contribution in [1.82, 2.24) is 24.6 Å². The molecule has 4 aromatic rings. The fraction of sp³-hybridized carbons (Fsp3) is 0.370. The van der Waals surface area contributed by atoms with Crippen LogP contribution in [0.25, 0.3) is 16.6 Å². The third-order valence-electron chi connectivity index (χ3n) is 7.01. The summed E-state index contributed by atoms with van der Waals surface area (Å²) in [6.07, 6.45) is 3.91. The average Bonchev–Trinajstić information content (AvgIpc) is 3.19. The summed E-state index contributed by atoms with van der Waals surface area (Å²) in [6, 6.07) is 12.0. The highest BCUT2D eigenvalue weighted by Gasteiger charge is 2.30. The summed E-state index contributed by atoms with van der Waals surface area (Å²) in [5, 5.41) is 3.49. The molecule has 2 N–H and O–H groups in total. The summed E-state index contributed by atoms with van der Waals surface area (Å²) in [6.45, 7) is 8.74. The molecule has 1 atom stereocenters. The maximum atomic E-state index is 14.8. The molecule has 8 heteroatoms. The third-order valence-corrected chi connectivity index (χ3v) is 7.01. The molecule has 35 heavy (non-hydrogen) atoms. The van der Waals surface area contributed by atoms with Crippen molar-refractivity contribution in [2.45, 2.75) is 52.7 Å². The lowest BCUT2D eigenvalue weighted by atomic mass is 9.79.